The van der Waals surface area contributed by atoms with Crippen molar-refractivity contribution >= 4 is 11.7 Å². The second-order valence-electron chi connectivity index (χ2n) is 7.27. The van der Waals surface area contributed by atoms with E-state index in [1.807, 2.05) is 0 Å². The van der Waals surface area contributed by atoms with Gasteiger partial charge in [-0.3, -0.25) is 9.48 Å². The zero-order valence-corrected chi connectivity index (χ0v) is 15.1. The van der Waals surface area contributed by atoms with Crippen LogP contribution < -0.4 is 5.32 Å². The highest BCUT2D eigenvalue weighted by Crippen LogP contribution is 2.41. The summed E-state index contributed by atoms with van der Waals surface area (Å²) in [6, 6.07) is 0.980. The lowest BCUT2D eigenvalue weighted by molar-refractivity contribution is -0.173. The molecule has 0 aliphatic carbocycles. The molecule has 1 fully saturated rings. The predicted octanol–water partition coefficient (Wildman–Crippen LogP) is 2.90. The van der Waals surface area contributed by atoms with Crippen molar-refractivity contribution in [2.24, 2.45) is 7.05 Å². The van der Waals surface area contributed by atoms with E-state index in [1.165, 1.54) is 0 Å². The Morgan fingerprint density at radius 2 is 2.11 bits per heavy atom. The first-order valence-electron chi connectivity index (χ1n) is 8.97. The molecule has 27 heavy (non-hydrogen) atoms. The molecule has 0 unspecified atom stereocenters. The number of carbonyl (C=O) groups is 1. The van der Waals surface area contributed by atoms with Crippen LogP contribution in [0, 0.1) is 0 Å². The van der Waals surface area contributed by atoms with E-state index >= 15 is 0 Å². The number of hydrogen-bond acceptors (Lipinski definition) is 4. The van der Waals surface area contributed by atoms with Crippen molar-refractivity contribution in [1.29, 1.82) is 0 Å². The molecule has 2 aliphatic rings. The van der Waals surface area contributed by atoms with Gasteiger partial charge in [0.25, 0.3) is 5.91 Å². The van der Waals surface area contributed by atoms with E-state index < -0.39 is 12.2 Å². The minimum absolute atomic E-state index is 0.0706. The Morgan fingerprint density at radius 3 is 2.78 bits per heavy atom. The smallest absolute Gasteiger partial charge is 0.368 e. The number of rotatable bonds is 2. The van der Waals surface area contributed by atoms with Crippen LogP contribution >= 0.6 is 0 Å². The largest absolute Gasteiger partial charge is 0.410 e. The third-order valence-corrected chi connectivity index (χ3v) is 5.19. The van der Waals surface area contributed by atoms with Gasteiger partial charge in [0.1, 0.15) is 11.5 Å². The highest BCUT2D eigenvalue weighted by Gasteiger charge is 2.46. The van der Waals surface area contributed by atoms with Crippen molar-refractivity contribution in [2.75, 3.05) is 11.9 Å². The molecule has 10 heteroatoms. The molecule has 146 valence electrons. The molecule has 0 aromatic carbocycles. The highest BCUT2D eigenvalue weighted by molar-refractivity contribution is 5.92. The number of halogens is 3. The van der Waals surface area contributed by atoms with Crippen LogP contribution in [0.5, 0.6) is 0 Å². The van der Waals surface area contributed by atoms with Gasteiger partial charge in [0.05, 0.1) is 11.7 Å². The number of aryl methyl sites for hydroxylation is 1. The average molecular weight is 382 g/mol. The van der Waals surface area contributed by atoms with Gasteiger partial charge in [0.15, 0.2) is 6.04 Å². The van der Waals surface area contributed by atoms with Crippen LogP contribution in [-0.2, 0) is 7.05 Å². The third kappa shape index (κ3) is 3.17. The van der Waals surface area contributed by atoms with Crippen LogP contribution in [0.4, 0.5) is 19.0 Å². The molecule has 1 saturated heterocycles. The van der Waals surface area contributed by atoms with Crippen LogP contribution in [-0.4, -0.2) is 49.1 Å². The Hall–Kier alpha value is -2.52. The van der Waals surface area contributed by atoms with Crippen LogP contribution in [0.15, 0.2) is 18.3 Å². The molecule has 7 nitrogen and oxygen atoms in total. The molecule has 0 saturated carbocycles. The average Bonchev–Trinajstić information content (AvgIpc) is 3.30. The van der Waals surface area contributed by atoms with E-state index in [9.17, 15) is 18.0 Å². The van der Waals surface area contributed by atoms with Gasteiger partial charge in [-0.05, 0) is 32.3 Å². The first-order chi connectivity index (χ1) is 12.7. The van der Waals surface area contributed by atoms with Crippen LogP contribution in [0.1, 0.15) is 54.5 Å². The number of amides is 1. The Bertz CT molecular complexity index is 857. The molecule has 1 N–H and O–H groups in total. The Balaban J connectivity index is 1.64. The minimum atomic E-state index is -4.37. The number of fused-ring (bicyclic) bond motifs is 1. The highest BCUT2D eigenvalue weighted by atomic mass is 19.4. The van der Waals surface area contributed by atoms with E-state index in [0.717, 1.165) is 11.1 Å². The summed E-state index contributed by atoms with van der Waals surface area (Å²) in [5.74, 6) is 0.126. The zero-order chi connectivity index (χ0) is 19.3. The monoisotopic (exact) mass is 382 g/mol. The van der Waals surface area contributed by atoms with Crippen molar-refractivity contribution in [3.8, 4) is 0 Å². The fraction of sp³-hybridized carbons (Fsp3) is 0.588. The maximum absolute atomic E-state index is 13.4. The third-order valence-electron chi connectivity index (χ3n) is 5.19. The summed E-state index contributed by atoms with van der Waals surface area (Å²) in [6.45, 7) is 2.26. The minimum Gasteiger partial charge on any atom is -0.368 e. The number of aromatic nitrogens is 4. The Morgan fingerprint density at radius 1 is 1.33 bits per heavy atom. The van der Waals surface area contributed by atoms with E-state index in [2.05, 4.69) is 15.5 Å². The van der Waals surface area contributed by atoms with Gasteiger partial charge in [-0.25, -0.2) is 4.68 Å². The molecule has 0 spiro atoms. The first-order valence-corrected chi connectivity index (χ1v) is 8.97. The molecule has 2 aliphatic heterocycles. The van der Waals surface area contributed by atoms with E-state index in [0.29, 0.717) is 30.2 Å². The number of alkyl halides is 3. The second kappa shape index (κ2) is 6.28. The number of hydrogen-bond donors (Lipinski definition) is 1. The molecule has 4 heterocycles. The summed E-state index contributed by atoms with van der Waals surface area (Å²) in [4.78, 5) is 14.4. The number of anilines is 1. The van der Waals surface area contributed by atoms with Crippen molar-refractivity contribution in [2.45, 2.75) is 50.5 Å². The molecular formula is C17H21F3N6O. The number of nitrogens with zero attached hydrogens (tertiary/aromatic N) is 5. The number of likely N-dealkylation sites (tertiary alicyclic amines) is 1. The van der Waals surface area contributed by atoms with Crippen molar-refractivity contribution < 1.29 is 18.0 Å². The van der Waals surface area contributed by atoms with Gasteiger partial charge >= 0.3 is 6.18 Å². The predicted molar refractivity (Wildman–Crippen MR) is 91.2 cm³/mol. The van der Waals surface area contributed by atoms with Gasteiger partial charge in [-0.1, -0.05) is 0 Å². The van der Waals surface area contributed by atoms with Crippen LogP contribution in [0.25, 0.3) is 0 Å². The van der Waals surface area contributed by atoms with Crippen LogP contribution in [0.3, 0.4) is 0 Å². The van der Waals surface area contributed by atoms with Crippen molar-refractivity contribution in [1.82, 2.24) is 24.5 Å². The first kappa shape index (κ1) is 17.9. The molecule has 0 radical (unpaired) electrons. The SMILES string of the molecule is C[C@@H]1C[C@H](C(F)(F)F)n2nc([C@@H]3CCCN3C(=O)c3ccn(C)n3)cc2N1. The van der Waals surface area contributed by atoms with Crippen LogP contribution in [0.2, 0.25) is 0 Å². The zero-order valence-electron chi connectivity index (χ0n) is 15.1. The quantitative estimate of drug-likeness (QED) is 0.867. The number of nitrogens with one attached hydrogen (secondary N) is 1. The van der Waals surface area contributed by atoms with Gasteiger partial charge in [-0.2, -0.15) is 23.4 Å². The van der Waals surface area contributed by atoms with E-state index in [4.69, 9.17) is 0 Å². The molecular weight excluding hydrogens is 361 g/mol. The van der Waals surface area contributed by atoms with E-state index in [-0.39, 0.29) is 24.4 Å². The standard InChI is InChI=1S/C17H21F3N6O/c1-10-8-14(17(18,19)20)26-15(21-10)9-12(23-26)13-4-3-6-25(13)16(27)11-5-7-24(2)22-11/h5,7,9-10,13-14,21H,3-4,6,8H2,1-2H3/t10-,13+,14-/m1/s1. The topological polar surface area (TPSA) is 68.0 Å². The van der Waals surface area contributed by atoms with E-state index in [1.54, 1.807) is 41.9 Å². The van der Waals surface area contributed by atoms with Gasteiger partial charge in [-0.15, -0.1) is 0 Å². The summed E-state index contributed by atoms with van der Waals surface area (Å²) in [5.41, 5.74) is 0.816. The molecule has 2 aromatic rings. The number of carbonyl (C=O) groups excluding carboxylic acids is 1. The second-order valence-corrected chi connectivity index (χ2v) is 7.27. The Labute approximate surface area is 154 Å². The molecule has 4 rings (SSSR count). The lowest BCUT2D eigenvalue weighted by Crippen LogP contribution is -2.38. The normalized spacial score (nSPS) is 25.4. The molecule has 0 bridgehead atoms. The molecule has 2 aromatic heterocycles. The lowest BCUT2D eigenvalue weighted by Gasteiger charge is -2.31. The summed E-state index contributed by atoms with van der Waals surface area (Å²) >= 11 is 0. The maximum Gasteiger partial charge on any atom is 0.410 e. The van der Waals surface area contributed by atoms with Crippen molar-refractivity contribution in [3.05, 3.63) is 29.7 Å². The molecule has 1 amide bonds. The maximum atomic E-state index is 13.4. The summed E-state index contributed by atoms with van der Waals surface area (Å²) < 4.78 is 42.9. The van der Waals surface area contributed by atoms with Gasteiger partial charge < -0.3 is 10.2 Å². The fourth-order valence-electron chi connectivity index (χ4n) is 3.93. The van der Waals surface area contributed by atoms with Crippen molar-refractivity contribution in [3.63, 3.8) is 0 Å². The fourth-order valence-corrected chi connectivity index (χ4v) is 3.93. The lowest BCUT2D eigenvalue weighted by atomic mass is 10.1. The summed E-state index contributed by atoms with van der Waals surface area (Å²) in [6.07, 6.45) is -1.31. The van der Waals surface area contributed by atoms with Gasteiger partial charge in [0, 0.05) is 31.9 Å². The summed E-state index contributed by atoms with van der Waals surface area (Å²) in [5, 5.41) is 11.5. The van der Waals surface area contributed by atoms with Gasteiger partial charge in [0.2, 0.25) is 0 Å². The summed E-state index contributed by atoms with van der Waals surface area (Å²) in [7, 11) is 1.73. The molecule has 3 atom stereocenters. The Kier molecular flexibility index (Phi) is 4.15.